The van der Waals surface area contributed by atoms with Gasteiger partial charge in [0, 0.05) is 18.3 Å². The fourth-order valence-electron chi connectivity index (χ4n) is 2.12. The first-order chi connectivity index (χ1) is 7.31. The summed E-state index contributed by atoms with van der Waals surface area (Å²) in [5.41, 5.74) is 2.47. The molecule has 0 aliphatic heterocycles. The molecule has 0 saturated heterocycles. The number of thioether (sulfide) groups is 1. The number of hydrogen-bond donors (Lipinski definition) is 1. The van der Waals surface area contributed by atoms with E-state index in [1.807, 2.05) is 17.8 Å². The number of nitrogens with one attached hydrogen (secondary N) is 1. The van der Waals surface area contributed by atoms with E-state index in [9.17, 15) is 4.39 Å². The first kappa shape index (κ1) is 11.0. The summed E-state index contributed by atoms with van der Waals surface area (Å²) in [5.74, 6) is 0.994. The molecule has 2 rings (SSSR count). The first-order valence-corrected chi connectivity index (χ1v) is 6.71. The number of fused-ring (bicyclic) bond motifs is 1. The van der Waals surface area contributed by atoms with Gasteiger partial charge in [0.15, 0.2) is 0 Å². The summed E-state index contributed by atoms with van der Waals surface area (Å²) in [7, 11) is 0. The normalized spacial score (nSPS) is 19.2. The second-order valence-electron chi connectivity index (χ2n) is 3.88. The molecular weight excluding hydrogens is 209 g/mol. The minimum atomic E-state index is -0.118. The molecule has 1 N–H and O–H groups in total. The second-order valence-corrected chi connectivity index (χ2v) is 4.87. The smallest absolute Gasteiger partial charge is 0.123 e. The molecule has 1 nitrogen and oxygen atoms in total. The van der Waals surface area contributed by atoms with Gasteiger partial charge in [-0.3, -0.25) is 0 Å². The number of hydrogen-bond acceptors (Lipinski definition) is 2. The van der Waals surface area contributed by atoms with Gasteiger partial charge in [0.05, 0.1) is 0 Å². The zero-order chi connectivity index (χ0) is 10.7. The van der Waals surface area contributed by atoms with Crippen molar-refractivity contribution in [1.29, 1.82) is 0 Å². The third kappa shape index (κ3) is 2.52. The van der Waals surface area contributed by atoms with Crippen molar-refractivity contribution in [3.05, 3.63) is 35.1 Å². The fraction of sp³-hybridized carbons (Fsp3) is 0.500. The third-order valence-corrected chi connectivity index (χ3v) is 3.49. The van der Waals surface area contributed by atoms with E-state index in [0.717, 1.165) is 30.7 Å². The third-order valence-electron chi connectivity index (χ3n) is 2.88. The highest BCUT2D eigenvalue weighted by molar-refractivity contribution is 7.98. The van der Waals surface area contributed by atoms with Crippen LogP contribution in [0, 0.1) is 5.82 Å². The van der Waals surface area contributed by atoms with Crippen LogP contribution in [0.4, 0.5) is 4.39 Å². The molecule has 15 heavy (non-hydrogen) atoms. The van der Waals surface area contributed by atoms with Crippen molar-refractivity contribution < 1.29 is 4.39 Å². The van der Waals surface area contributed by atoms with Crippen LogP contribution in [-0.4, -0.2) is 18.6 Å². The summed E-state index contributed by atoms with van der Waals surface area (Å²) >= 11 is 1.83. The van der Waals surface area contributed by atoms with Crippen molar-refractivity contribution in [3.8, 4) is 0 Å². The zero-order valence-electron chi connectivity index (χ0n) is 8.92. The van der Waals surface area contributed by atoms with Gasteiger partial charge in [0.1, 0.15) is 5.82 Å². The highest BCUT2D eigenvalue weighted by atomic mass is 32.2. The van der Waals surface area contributed by atoms with Crippen molar-refractivity contribution >= 4 is 11.8 Å². The van der Waals surface area contributed by atoms with E-state index in [-0.39, 0.29) is 5.82 Å². The van der Waals surface area contributed by atoms with Gasteiger partial charge in [-0.2, -0.15) is 11.8 Å². The lowest BCUT2D eigenvalue weighted by molar-refractivity contribution is 0.547. The van der Waals surface area contributed by atoms with Gasteiger partial charge in [0.2, 0.25) is 0 Å². The summed E-state index contributed by atoms with van der Waals surface area (Å²) in [5, 5.41) is 3.48. The minimum absolute atomic E-state index is 0.118. The Morgan fingerprint density at radius 1 is 1.53 bits per heavy atom. The van der Waals surface area contributed by atoms with Gasteiger partial charge < -0.3 is 5.32 Å². The maximum absolute atomic E-state index is 13.1. The Bertz CT molecular complexity index is 340. The van der Waals surface area contributed by atoms with Crippen LogP contribution in [0.3, 0.4) is 0 Å². The quantitative estimate of drug-likeness (QED) is 0.791. The standard InChI is InChI=1S/C12H16FNS/c1-15-7-6-14-12-5-3-9-2-4-10(13)8-11(9)12/h2,4,8,12,14H,3,5-7H2,1H3. The van der Waals surface area contributed by atoms with Gasteiger partial charge >= 0.3 is 0 Å². The summed E-state index contributed by atoms with van der Waals surface area (Å²) in [6.45, 7) is 1.00. The Morgan fingerprint density at radius 3 is 3.20 bits per heavy atom. The maximum Gasteiger partial charge on any atom is 0.123 e. The van der Waals surface area contributed by atoms with Gasteiger partial charge in [-0.25, -0.2) is 4.39 Å². The molecule has 1 aliphatic carbocycles. The largest absolute Gasteiger partial charge is 0.309 e. The molecule has 0 bridgehead atoms. The van der Waals surface area contributed by atoms with Crippen LogP contribution in [0.2, 0.25) is 0 Å². The van der Waals surface area contributed by atoms with Gasteiger partial charge in [0.25, 0.3) is 0 Å². The van der Waals surface area contributed by atoms with E-state index < -0.39 is 0 Å². The SMILES string of the molecule is CSCCNC1CCc2ccc(F)cc21. The molecule has 3 heteroatoms. The van der Waals surface area contributed by atoms with Crippen molar-refractivity contribution in [1.82, 2.24) is 5.32 Å². The van der Waals surface area contributed by atoms with Gasteiger partial charge in [-0.1, -0.05) is 6.07 Å². The second kappa shape index (κ2) is 4.99. The number of halogens is 1. The predicted octanol–water partition coefficient (Wildman–Crippen LogP) is 2.77. The highest BCUT2D eigenvalue weighted by Crippen LogP contribution is 2.31. The van der Waals surface area contributed by atoms with Crippen LogP contribution >= 0.6 is 11.8 Å². The molecule has 1 aromatic rings. The van der Waals surface area contributed by atoms with Crippen LogP contribution in [-0.2, 0) is 6.42 Å². The summed E-state index contributed by atoms with van der Waals surface area (Å²) < 4.78 is 13.1. The van der Waals surface area contributed by atoms with Crippen molar-refractivity contribution in [2.75, 3.05) is 18.6 Å². The molecule has 1 unspecified atom stereocenters. The Kier molecular flexibility index (Phi) is 3.65. The number of aryl methyl sites for hydroxylation is 1. The van der Waals surface area contributed by atoms with Crippen molar-refractivity contribution in [2.45, 2.75) is 18.9 Å². The van der Waals surface area contributed by atoms with Gasteiger partial charge in [-0.15, -0.1) is 0 Å². The molecule has 0 aromatic heterocycles. The lowest BCUT2D eigenvalue weighted by Crippen LogP contribution is -2.21. The van der Waals surface area contributed by atoms with Crippen LogP contribution < -0.4 is 5.32 Å². The number of rotatable bonds is 4. The predicted molar refractivity (Wildman–Crippen MR) is 63.8 cm³/mol. The lowest BCUT2D eigenvalue weighted by atomic mass is 10.1. The Morgan fingerprint density at radius 2 is 2.40 bits per heavy atom. The summed E-state index contributed by atoms with van der Waals surface area (Å²) in [4.78, 5) is 0. The summed E-state index contributed by atoms with van der Waals surface area (Å²) in [6.07, 6.45) is 4.28. The van der Waals surface area contributed by atoms with Crippen molar-refractivity contribution in [3.63, 3.8) is 0 Å². The van der Waals surface area contributed by atoms with Crippen LogP contribution in [0.1, 0.15) is 23.6 Å². The maximum atomic E-state index is 13.1. The van der Waals surface area contributed by atoms with Crippen molar-refractivity contribution in [2.24, 2.45) is 0 Å². The minimum Gasteiger partial charge on any atom is -0.309 e. The Labute approximate surface area is 94.5 Å². The Hall–Kier alpha value is -0.540. The zero-order valence-corrected chi connectivity index (χ0v) is 9.74. The van der Waals surface area contributed by atoms with E-state index in [1.54, 1.807) is 12.1 Å². The molecule has 82 valence electrons. The Balaban J connectivity index is 2.03. The van der Waals surface area contributed by atoms with E-state index in [4.69, 9.17) is 0 Å². The molecule has 1 aromatic carbocycles. The highest BCUT2D eigenvalue weighted by Gasteiger charge is 2.21. The number of benzene rings is 1. The topological polar surface area (TPSA) is 12.0 Å². The molecule has 0 fully saturated rings. The first-order valence-electron chi connectivity index (χ1n) is 5.32. The molecule has 0 heterocycles. The van der Waals surface area contributed by atoms with E-state index >= 15 is 0 Å². The molecule has 1 aliphatic rings. The average molecular weight is 225 g/mol. The molecular formula is C12H16FNS. The van der Waals surface area contributed by atoms with E-state index in [1.165, 1.54) is 5.56 Å². The van der Waals surface area contributed by atoms with Gasteiger partial charge in [-0.05, 0) is 42.4 Å². The lowest BCUT2D eigenvalue weighted by Gasteiger charge is -2.13. The molecule has 0 radical (unpaired) electrons. The molecule has 0 saturated carbocycles. The molecule has 0 amide bonds. The van der Waals surface area contributed by atoms with Crippen LogP contribution in [0.25, 0.3) is 0 Å². The average Bonchev–Trinajstić information content (AvgIpc) is 2.62. The van der Waals surface area contributed by atoms with Crippen LogP contribution in [0.15, 0.2) is 18.2 Å². The monoisotopic (exact) mass is 225 g/mol. The molecule has 1 atom stereocenters. The molecule has 0 spiro atoms. The van der Waals surface area contributed by atoms with E-state index in [0.29, 0.717) is 6.04 Å². The fourth-order valence-corrected chi connectivity index (χ4v) is 2.44. The van der Waals surface area contributed by atoms with E-state index in [2.05, 4.69) is 11.6 Å². The summed E-state index contributed by atoms with van der Waals surface area (Å²) in [6, 6.07) is 5.52. The van der Waals surface area contributed by atoms with Crippen LogP contribution in [0.5, 0.6) is 0 Å².